The molecule has 2 aromatic rings. The molecule has 5 nitrogen and oxygen atoms in total. The smallest absolute Gasteiger partial charge is 0.232 e. The van der Waals surface area contributed by atoms with Gasteiger partial charge in [-0.05, 0) is 38.8 Å². The van der Waals surface area contributed by atoms with E-state index < -0.39 is 10.8 Å². The summed E-state index contributed by atoms with van der Waals surface area (Å²) >= 11 is 0. The Hall–Kier alpha value is -1.95. The van der Waals surface area contributed by atoms with Gasteiger partial charge in [0.1, 0.15) is 11.5 Å². The molecule has 1 N–H and O–H groups in total. The van der Waals surface area contributed by atoms with Gasteiger partial charge in [0.15, 0.2) is 0 Å². The van der Waals surface area contributed by atoms with Gasteiger partial charge in [-0.3, -0.25) is 9.00 Å². The van der Waals surface area contributed by atoms with Crippen molar-refractivity contribution in [3.8, 4) is 11.5 Å². The van der Waals surface area contributed by atoms with Crippen molar-refractivity contribution < 1.29 is 13.4 Å². The zero-order valence-corrected chi connectivity index (χ0v) is 16.2. The predicted molar refractivity (Wildman–Crippen MR) is 103 cm³/mol. The summed E-state index contributed by atoms with van der Waals surface area (Å²) in [7, 11) is -1.30. The van der Waals surface area contributed by atoms with E-state index in [9.17, 15) is 9.00 Å². The number of amides is 1. The SMILES string of the molecule is Cc1cccc(-c2nc(C[S@](=O)CC(=O)NC3CCCCC3)c(C)o2)c1. The molecule has 0 saturated heterocycles. The fourth-order valence-electron chi connectivity index (χ4n) is 3.33. The summed E-state index contributed by atoms with van der Waals surface area (Å²) in [6.07, 6.45) is 5.62. The molecule has 1 heterocycles. The monoisotopic (exact) mass is 374 g/mol. The van der Waals surface area contributed by atoms with Crippen molar-refractivity contribution in [3.63, 3.8) is 0 Å². The van der Waals surface area contributed by atoms with E-state index in [4.69, 9.17) is 4.42 Å². The molecular weight excluding hydrogens is 348 g/mol. The number of rotatable bonds is 6. The van der Waals surface area contributed by atoms with Crippen molar-refractivity contribution in [2.24, 2.45) is 0 Å². The van der Waals surface area contributed by atoms with Crippen molar-refractivity contribution >= 4 is 16.7 Å². The molecule has 0 bridgehead atoms. The van der Waals surface area contributed by atoms with Gasteiger partial charge in [0.25, 0.3) is 0 Å². The van der Waals surface area contributed by atoms with Crippen molar-refractivity contribution in [1.29, 1.82) is 0 Å². The first-order chi connectivity index (χ1) is 12.5. The summed E-state index contributed by atoms with van der Waals surface area (Å²) in [6.45, 7) is 3.83. The van der Waals surface area contributed by atoms with Gasteiger partial charge >= 0.3 is 0 Å². The van der Waals surface area contributed by atoms with Crippen LogP contribution in [0.3, 0.4) is 0 Å². The number of nitrogens with zero attached hydrogens (tertiary/aromatic N) is 1. The second kappa shape index (κ2) is 8.62. The third kappa shape index (κ3) is 5.04. The molecule has 1 aromatic heterocycles. The Labute approximate surface area is 157 Å². The second-order valence-corrected chi connectivity index (χ2v) is 8.48. The number of nitrogens with one attached hydrogen (secondary N) is 1. The highest BCUT2D eigenvalue weighted by atomic mass is 32.2. The molecule has 140 valence electrons. The Bertz CT molecular complexity index is 794. The summed E-state index contributed by atoms with van der Waals surface area (Å²) in [5.41, 5.74) is 2.69. The van der Waals surface area contributed by atoms with Gasteiger partial charge in [0.2, 0.25) is 11.8 Å². The summed E-state index contributed by atoms with van der Waals surface area (Å²) in [4.78, 5) is 16.6. The van der Waals surface area contributed by atoms with Crippen molar-refractivity contribution in [1.82, 2.24) is 10.3 Å². The third-order valence-corrected chi connectivity index (χ3v) is 5.90. The van der Waals surface area contributed by atoms with Crippen LogP contribution < -0.4 is 5.32 Å². The van der Waals surface area contributed by atoms with Crippen LogP contribution in [0, 0.1) is 13.8 Å². The minimum Gasteiger partial charge on any atom is -0.441 e. The lowest BCUT2D eigenvalue weighted by Gasteiger charge is -2.22. The lowest BCUT2D eigenvalue weighted by atomic mass is 9.95. The molecule has 0 radical (unpaired) electrons. The van der Waals surface area contributed by atoms with E-state index in [1.807, 2.05) is 38.1 Å². The normalized spacial score (nSPS) is 16.4. The zero-order chi connectivity index (χ0) is 18.5. The number of hydrogen-bond acceptors (Lipinski definition) is 4. The van der Waals surface area contributed by atoms with Crippen LogP contribution in [0.5, 0.6) is 0 Å². The van der Waals surface area contributed by atoms with Crippen LogP contribution in [-0.4, -0.2) is 26.9 Å². The molecule has 1 aliphatic rings. The molecule has 1 amide bonds. The Morgan fingerprint density at radius 1 is 1.27 bits per heavy atom. The average molecular weight is 375 g/mol. The van der Waals surface area contributed by atoms with E-state index >= 15 is 0 Å². The van der Waals surface area contributed by atoms with Gasteiger partial charge in [0, 0.05) is 22.4 Å². The highest BCUT2D eigenvalue weighted by molar-refractivity contribution is 7.84. The Kier molecular flexibility index (Phi) is 6.25. The van der Waals surface area contributed by atoms with E-state index in [1.165, 1.54) is 6.42 Å². The van der Waals surface area contributed by atoms with Crippen LogP contribution in [0.4, 0.5) is 0 Å². The van der Waals surface area contributed by atoms with Crippen LogP contribution in [0.25, 0.3) is 11.5 Å². The van der Waals surface area contributed by atoms with Crippen molar-refractivity contribution in [2.45, 2.75) is 57.7 Å². The van der Waals surface area contributed by atoms with Gasteiger partial charge in [0.05, 0.1) is 11.4 Å². The van der Waals surface area contributed by atoms with Gasteiger partial charge in [-0.25, -0.2) is 4.98 Å². The fraction of sp³-hybridized carbons (Fsp3) is 0.500. The zero-order valence-electron chi connectivity index (χ0n) is 15.4. The molecule has 6 heteroatoms. The largest absolute Gasteiger partial charge is 0.441 e. The summed E-state index contributed by atoms with van der Waals surface area (Å²) < 4.78 is 18.1. The predicted octanol–water partition coefficient (Wildman–Crippen LogP) is 3.66. The van der Waals surface area contributed by atoms with Gasteiger partial charge in [-0.15, -0.1) is 0 Å². The highest BCUT2D eigenvalue weighted by Gasteiger charge is 2.19. The quantitative estimate of drug-likeness (QED) is 0.838. The molecule has 0 spiro atoms. The van der Waals surface area contributed by atoms with E-state index in [-0.39, 0.29) is 23.5 Å². The summed E-state index contributed by atoms with van der Waals surface area (Å²) in [5, 5.41) is 3.01. The molecule has 1 fully saturated rings. The Morgan fingerprint density at radius 3 is 2.77 bits per heavy atom. The standard InChI is InChI=1S/C20H26N2O3S/c1-14-7-6-8-16(11-14)20-22-18(15(2)25-20)12-26(24)13-19(23)21-17-9-4-3-5-10-17/h6-8,11,17H,3-5,9-10,12-13H2,1-2H3,(H,21,23)/t26-/m0/s1. The van der Waals surface area contributed by atoms with Crippen molar-refractivity contribution in [3.05, 3.63) is 41.3 Å². The minimum absolute atomic E-state index is 0.0164. The highest BCUT2D eigenvalue weighted by Crippen LogP contribution is 2.23. The number of carbonyl (C=O) groups excluding carboxylic acids is 1. The Balaban J connectivity index is 1.58. The van der Waals surface area contributed by atoms with Crippen LogP contribution in [-0.2, 0) is 21.3 Å². The molecule has 3 rings (SSSR count). The molecule has 1 atom stereocenters. The number of carbonyl (C=O) groups is 1. The minimum atomic E-state index is -1.30. The Morgan fingerprint density at radius 2 is 2.04 bits per heavy atom. The van der Waals surface area contributed by atoms with Gasteiger partial charge < -0.3 is 9.73 Å². The van der Waals surface area contributed by atoms with Gasteiger partial charge in [-0.1, -0.05) is 37.0 Å². The third-order valence-electron chi connectivity index (χ3n) is 4.72. The molecule has 26 heavy (non-hydrogen) atoms. The van der Waals surface area contributed by atoms with E-state index in [1.54, 1.807) is 0 Å². The van der Waals surface area contributed by atoms with Crippen LogP contribution in [0.1, 0.15) is 49.1 Å². The maximum absolute atomic E-state index is 12.4. The first-order valence-corrected chi connectivity index (χ1v) is 10.7. The molecule has 1 aromatic carbocycles. The molecular formula is C20H26N2O3S. The lowest BCUT2D eigenvalue weighted by Crippen LogP contribution is -2.38. The molecule has 0 aliphatic heterocycles. The topological polar surface area (TPSA) is 72.2 Å². The maximum Gasteiger partial charge on any atom is 0.232 e. The fourth-order valence-corrected chi connectivity index (χ4v) is 4.38. The van der Waals surface area contributed by atoms with Crippen LogP contribution in [0.15, 0.2) is 28.7 Å². The number of benzene rings is 1. The van der Waals surface area contributed by atoms with Crippen LogP contribution in [0.2, 0.25) is 0 Å². The number of aromatic nitrogens is 1. The van der Waals surface area contributed by atoms with Gasteiger partial charge in [-0.2, -0.15) is 0 Å². The summed E-state index contributed by atoms with van der Waals surface area (Å²) in [6, 6.07) is 8.16. The second-order valence-electron chi connectivity index (χ2n) is 7.02. The number of hydrogen-bond donors (Lipinski definition) is 1. The first kappa shape index (κ1) is 18.8. The van der Waals surface area contributed by atoms with Crippen molar-refractivity contribution in [2.75, 3.05) is 5.75 Å². The number of aryl methyl sites for hydroxylation is 2. The average Bonchev–Trinajstić information content (AvgIpc) is 2.96. The summed E-state index contributed by atoms with van der Waals surface area (Å²) in [5.74, 6) is 1.31. The molecule has 0 unspecified atom stereocenters. The van der Waals surface area contributed by atoms with Crippen LogP contribution >= 0.6 is 0 Å². The van der Waals surface area contributed by atoms with E-state index in [0.717, 1.165) is 36.8 Å². The number of oxazole rings is 1. The van der Waals surface area contributed by atoms with E-state index in [2.05, 4.69) is 10.3 Å². The van der Waals surface area contributed by atoms with E-state index in [0.29, 0.717) is 17.3 Å². The maximum atomic E-state index is 12.4. The molecule has 1 aliphatic carbocycles. The first-order valence-electron chi connectivity index (χ1n) is 9.19. The molecule has 1 saturated carbocycles. The lowest BCUT2D eigenvalue weighted by molar-refractivity contribution is -0.119.